The summed E-state index contributed by atoms with van der Waals surface area (Å²) in [7, 11) is 1.82. The molecule has 2 heterocycles. The lowest BCUT2D eigenvalue weighted by Crippen LogP contribution is -2.06. The molecular weight excluding hydrogens is 406 g/mol. The number of H-pyrrole nitrogens is 1. The van der Waals surface area contributed by atoms with Gasteiger partial charge in [-0.15, -0.1) is 0 Å². The first-order valence-electron chi connectivity index (χ1n) is 8.60. The Balaban J connectivity index is 1.51. The molecular formula is C20H18BrN5O. The van der Waals surface area contributed by atoms with E-state index in [1.165, 1.54) is 5.56 Å². The van der Waals surface area contributed by atoms with Gasteiger partial charge < -0.3 is 5.32 Å². The van der Waals surface area contributed by atoms with Gasteiger partial charge in [0.25, 0.3) is 5.56 Å². The summed E-state index contributed by atoms with van der Waals surface area (Å²) < 4.78 is 2.80. The second-order valence-electron chi connectivity index (χ2n) is 6.32. The summed E-state index contributed by atoms with van der Waals surface area (Å²) in [6.07, 6.45) is 2.46. The molecule has 0 saturated carbocycles. The van der Waals surface area contributed by atoms with Crippen LogP contribution >= 0.6 is 15.9 Å². The van der Waals surface area contributed by atoms with Crippen LogP contribution in [0.2, 0.25) is 0 Å². The largest absolute Gasteiger partial charge is 0.370 e. The van der Waals surface area contributed by atoms with Crippen LogP contribution in [0.25, 0.3) is 22.2 Å². The summed E-state index contributed by atoms with van der Waals surface area (Å²) in [5.41, 5.74) is 3.78. The molecule has 0 aliphatic rings. The predicted octanol–water partition coefficient (Wildman–Crippen LogP) is 3.74. The Morgan fingerprint density at radius 3 is 2.74 bits per heavy atom. The number of benzene rings is 2. The highest BCUT2D eigenvalue weighted by Gasteiger charge is 2.08. The highest BCUT2D eigenvalue weighted by molar-refractivity contribution is 9.10. The third-order valence-corrected chi connectivity index (χ3v) is 5.00. The number of aryl methyl sites for hydroxylation is 1. The quantitative estimate of drug-likeness (QED) is 0.512. The molecule has 0 amide bonds. The molecule has 0 bridgehead atoms. The fraction of sp³-hybridized carbons (Fsp3) is 0.150. The van der Waals surface area contributed by atoms with Crippen LogP contribution < -0.4 is 10.9 Å². The van der Waals surface area contributed by atoms with E-state index < -0.39 is 0 Å². The maximum absolute atomic E-state index is 11.8. The smallest absolute Gasteiger partial charge is 0.271 e. The number of halogens is 1. The molecule has 0 radical (unpaired) electrons. The van der Waals surface area contributed by atoms with Crippen LogP contribution in [0.1, 0.15) is 5.56 Å². The number of rotatable bonds is 5. The zero-order chi connectivity index (χ0) is 18.8. The number of nitrogens with one attached hydrogen (secondary N) is 2. The van der Waals surface area contributed by atoms with Gasteiger partial charge in [-0.25, -0.2) is 9.97 Å². The number of hydrogen-bond acceptors (Lipinski definition) is 4. The lowest BCUT2D eigenvalue weighted by molar-refractivity contribution is 0.783. The van der Waals surface area contributed by atoms with Crippen LogP contribution in [-0.2, 0) is 13.5 Å². The molecule has 2 aromatic carbocycles. The van der Waals surface area contributed by atoms with Crippen LogP contribution in [0, 0.1) is 0 Å². The molecule has 0 unspecified atom stereocenters. The van der Waals surface area contributed by atoms with E-state index in [4.69, 9.17) is 0 Å². The van der Waals surface area contributed by atoms with Crippen molar-refractivity contribution >= 4 is 32.7 Å². The van der Waals surface area contributed by atoms with Crippen LogP contribution in [0.15, 0.2) is 64.1 Å². The average Bonchev–Trinajstić information content (AvgIpc) is 2.97. The van der Waals surface area contributed by atoms with Crippen molar-refractivity contribution in [3.05, 3.63) is 75.2 Å². The molecule has 2 aromatic heterocycles. The van der Waals surface area contributed by atoms with E-state index >= 15 is 0 Å². The van der Waals surface area contributed by atoms with Gasteiger partial charge in [0.2, 0.25) is 0 Å². The Morgan fingerprint density at radius 1 is 1.11 bits per heavy atom. The average molecular weight is 424 g/mol. The number of nitrogens with zero attached hydrogens (tertiary/aromatic N) is 3. The molecule has 0 spiro atoms. The molecule has 0 saturated heterocycles. The monoisotopic (exact) mass is 423 g/mol. The first-order chi connectivity index (χ1) is 13.1. The predicted molar refractivity (Wildman–Crippen MR) is 111 cm³/mol. The Hall–Kier alpha value is -2.93. The van der Waals surface area contributed by atoms with Crippen molar-refractivity contribution in [2.45, 2.75) is 6.42 Å². The summed E-state index contributed by atoms with van der Waals surface area (Å²) in [4.78, 5) is 20.5. The van der Waals surface area contributed by atoms with Crippen molar-refractivity contribution in [2.75, 3.05) is 11.9 Å². The Labute approximate surface area is 164 Å². The Morgan fingerprint density at radius 2 is 1.93 bits per heavy atom. The summed E-state index contributed by atoms with van der Waals surface area (Å²) in [5, 5.41) is 6.78. The van der Waals surface area contributed by atoms with E-state index in [1.807, 2.05) is 43.4 Å². The second-order valence-corrected chi connectivity index (χ2v) is 7.24. The minimum Gasteiger partial charge on any atom is -0.370 e. The van der Waals surface area contributed by atoms with Crippen molar-refractivity contribution in [1.29, 1.82) is 0 Å². The molecule has 0 aliphatic heterocycles. The van der Waals surface area contributed by atoms with Gasteiger partial charge in [-0.1, -0.05) is 34.1 Å². The third-order valence-electron chi connectivity index (χ3n) is 4.47. The summed E-state index contributed by atoms with van der Waals surface area (Å²) in [6.45, 7) is 0.781. The number of aromatic amines is 1. The molecule has 4 aromatic rings. The van der Waals surface area contributed by atoms with Crippen molar-refractivity contribution in [3.8, 4) is 11.3 Å². The minimum absolute atomic E-state index is 0.0861. The SMILES string of the molecule is Cn1[nH]c(=O)c2ccc(-c3cc(NCCc4ccc(Br)cc4)ncn3)cc21. The number of anilines is 1. The molecule has 0 aliphatic carbocycles. The van der Waals surface area contributed by atoms with Crippen LogP contribution in [0.3, 0.4) is 0 Å². The normalized spacial score (nSPS) is 11.0. The molecule has 0 atom stereocenters. The van der Waals surface area contributed by atoms with E-state index in [9.17, 15) is 4.79 Å². The standard InChI is InChI=1S/C20H18BrN5O/c1-26-18-10-14(4-7-16(18)20(27)25-26)17-11-19(24-12-23-17)22-9-8-13-2-5-15(21)6-3-13/h2-7,10-12H,8-9H2,1H3,(H,25,27)(H,22,23,24). The van der Waals surface area contributed by atoms with Gasteiger partial charge in [0, 0.05) is 29.7 Å². The van der Waals surface area contributed by atoms with Crippen LogP contribution in [0.5, 0.6) is 0 Å². The van der Waals surface area contributed by atoms with Crippen LogP contribution in [0.4, 0.5) is 5.82 Å². The molecule has 136 valence electrons. The number of hydrogen-bond donors (Lipinski definition) is 2. The minimum atomic E-state index is -0.0861. The van der Waals surface area contributed by atoms with E-state index in [0.29, 0.717) is 5.39 Å². The van der Waals surface area contributed by atoms with Gasteiger partial charge in [0.05, 0.1) is 16.6 Å². The molecule has 27 heavy (non-hydrogen) atoms. The van der Waals surface area contributed by atoms with Crippen molar-refractivity contribution in [1.82, 2.24) is 19.7 Å². The molecule has 7 heteroatoms. The third kappa shape index (κ3) is 3.78. The second kappa shape index (κ2) is 7.36. The van der Waals surface area contributed by atoms with E-state index in [-0.39, 0.29) is 5.56 Å². The van der Waals surface area contributed by atoms with Crippen molar-refractivity contribution in [2.24, 2.45) is 7.05 Å². The van der Waals surface area contributed by atoms with Gasteiger partial charge in [0.1, 0.15) is 12.1 Å². The van der Waals surface area contributed by atoms with Gasteiger partial charge >= 0.3 is 0 Å². The number of aromatic nitrogens is 4. The Bertz CT molecular complexity index is 1150. The summed E-state index contributed by atoms with van der Waals surface area (Å²) in [6, 6.07) is 15.9. The van der Waals surface area contributed by atoms with Gasteiger partial charge in [-0.05, 0) is 36.2 Å². The highest BCUT2D eigenvalue weighted by Crippen LogP contribution is 2.22. The van der Waals surface area contributed by atoms with Gasteiger partial charge in [0.15, 0.2) is 0 Å². The zero-order valence-electron chi connectivity index (χ0n) is 14.7. The van der Waals surface area contributed by atoms with Gasteiger partial charge in [-0.2, -0.15) is 0 Å². The van der Waals surface area contributed by atoms with E-state index in [1.54, 1.807) is 11.0 Å². The van der Waals surface area contributed by atoms with E-state index in [2.05, 4.69) is 48.4 Å². The Kier molecular flexibility index (Phi) is 4.77. The maximum atomic E-state index is 11.8. The highest BCUT2D eigenvalue weighted by atomic mass is 79.9. The fourth-order valence-corrected chi connectivity index (χ4v) is 3.30. The first kappa shape index (κ1) is 17.5. The molecule has 4 rings (SSSR count). The van der Waals surface area contributed by atoms with E-state index in [0.717, 1.165) is 40.0 Å². The summed E-state index contributed by atoms with van der Waals surface area (Å²) >= 11 is 3.45. The first-order valence-corrected chi connectivity index (χ1v) is 9.39. The number of fused-ring (bicyclic) bond motifs is 1. The van der Waals surface area contributed by atoms with Crippen LogP contribution in [-0.4, -0.2) is 26.3 Å². The van der Waals surface area contributed by atoms with Gasteiger partial charge in [-0.3, -0.25) is 14.6 Å². The lowest BCUT2D eigenvalue weighted by Gasteiger charge is -2.08. The lowest BCUT2D eigenvalue weighted by atomic mass is 10.1. The summed E-state index contributed by atoms with van der Waals surface area (Å²) in [5.74, 6) is 0.778. The fourth-order valence-electron chi connectivity index (χ4n) is 3.03. The topological polar surface area (TPSA) is 75.6 Å². The molecule has 0 fully saturated rings. The zero-order valence-corrected chi connectivity index (χ0v) is 16.3. The van der Waals surface area contributed by atoms with Crippen molar-refractivity contribution in [3.63, 3.8) is 0 Å². The molecule has 6 nitrogen and oxygen atoms in total. The molecule has 2 N–H and O–H groups in total. The van der Waals surface area contributed by atoms with Crippen molar-refractivity contribution < 1.29 is 0 Å². The maximum Gasteiger partial charge on any atom is 0.271 e.